The number of carbonyl (C=O) groups excluding carboxylic acids is 2. The molecule has 2 rings (SSSR count). The molecule has 0 aliphatic rings. The Balaban J connectivity index is 2.13. The number of hydrogen-bond acceptors (Lipinski definition) is 4. The minimum absolute atomic E-state index is 0.204. The molecule has 26 heavy (non-hydrogen) atoms. The van der Waals surface area contributed by atoms with Gasteiger partial charge in [0, 0.05) is 28.2 Å². The van der Waals surface area contributed by atoms with Gasteiger partial charge in [-0.25, -0.2) is 5.43 Å². The summed E-state index contributed by atoms with van der Waals surface area (Å²) in [6.07, 6.45) is 1.51. The second-order valence-corrected chi connectivity index (χ2v) is 6.97. The molecule has 2 aromatic carbocycles. The average Bonchev–Trinajstić information content (AvgIpc) is 2.57. The van der Waals surface area contributed by atoms with Crippen molar-refractivity contribution in [1.29, 1.82) is 0 Å². The van der Waals surface area contributed by atoms with Gasteiger partial charge in [-0.1, -0.05) is 22.0 Å². The molecule has 0 aliphatic carbocycles. The van der Waals surface area contributed by atoms with Gasteiger partial charge in [-0.2, -0.15) is 5.10 Å². The maximum Gasteiger partial charge on any atom is 0.271 e. The summed E-state index contributed by atoms with van der Waals surface area (Å²) in [6.45, 7) is 3.80. The van der Waals surface area contributed by atoms with Crippen molar-refractivity contribution in [3.63, 3.8) is 0 Å². The topological polar surface area (TPSA) is 79.8 Å². The summed E-state index contributed by atoms with van der Waals surface area (Å²) in [5, 5.41) is 6.63. The van der Waals surface area contributed by atoms with Crippen LogP contribution >= 0.6 is 31.9 Å². The first kappa shape index (κ1) is 20.1. The van der Waals surface area contributed by atoms with Gasteiger partial charge in [-0.05, 0) is 53.2 Å². The summed E-state index contributed by atoms with van der Waals surface area (Å²) >= 11 is 6.86. The zero-order valence-corrected chi connectivity index (χ0v) is 17.3. The first-order valence-corrected chi connectivity index (χ1v) is 9.32. The third kappa shape index (κ3) is 5.67. The van der Waals surface area contributed by atoms with Crippen LogP contribution in [-0.4, -0.2) is 24.6 Å². The fourth-order valence-electron chi connectivity index (χ4n) is 2.14. The van der Waals surface area contributed by atoms with Crippen LogP contribution in [0, 0.1) is 0 Å². The number of hydrazone groups is 1. The minimum atomic E-state index is -0.388. The Labute approximate surface area is 168 Å². The van der Waals surface area contributed by atoms with E-state index in [-0.39, 0.29) is 11.8 Å². The summed E-state index contributed by atoms with van der Waals surface area (Å²) in [5.41, 5.74) is 4.10. The van der Waals surface area contributed by atoms with Gasteiger partial charge in [0.25, 0.3) is 5.91 Å². The second-order valence-electron chi connectivity index (χ2n) is 5.20. The molecule has 0 saturated carbocycles. The van der Waals surface area contributed by atoms with Crippen molar-refractivity contribution >= 4 is 55.6 Å². The molecule has 136 valence electrons. The highest BCUT2D eigenvalue weighted by Crippen LogP contribution is 2.32. The first-order valence-electron chi connectivity index (χ1n) is 7.73. The van der Waals surface area contributed by atoms with Gasteiger partial charge >= 0.3 is 0 Å². The van der Waals surface area contributed by atoms with Crippen LogP contribution in [0.3, 0.4) is 0 Å². The third-order valence-electron chi connectivity index (χ3n) is 3.14. The zero-order chi connectivity index (χ0) is 19.1. The lowest BCUT2D eigenvalue weighted by atomic mass is 10.2. The highest BCUT2D eigenvalue weighted by atomic mass is 79.9. The molecular weight excluding hydrogens is 466 g/mol. The van der Waals surface area contributed by atoms with Crippen molar-refractivity contribution in [3.8, 4) is 5.75 Å². The SMILES string of the molecule is CCOc1c(Br)cc(Br)cc1C=NNC(=O)c1cccc(NC(C)=O)c1. The molecule has 0 aromatic heterocycles. The Kier molecular flexibility index (Phi) is 7.35. The maximum atomic E-state index is 12.2. The van der Waals surface area contributed by atoms with Gasteiger partial charge in [0.2, 0.25) is 5.91 Å². The van der Waals surface area contributed by atoms with E-state index in [2.05, 4.69) is 47.7 Å². The van der Waals surface area contributed by atoms with Crippen molar-refractivity contribution in [1.82, 2.24) is 5.43 Å². The highest BCUT2D eigenvalue weighted by molar-refractivity contribution is 9.11. The summed E-state index contributed by atoms with van der Waals surface area (Å²) in [6, 6.07) is 10.3. The Morgan fingerprint density at radius 2 is 2.00 bits per heavy atom. The highest BCUT2D eigenvalue weighted by Gasteiger charge is 2.09. The fourth-order valence-corrected chi connectivity index (χ4v) is 3.51. The molecule has 0 aliphatic heterocycles. The van der Waals surface area contributed by atoms with Crippen LogP contribution in [0.2, 0.25) is 0 Å². The fraction of sp³-hybridized carbons (Fsp3) is 0.167. The van der Waals surface area contributed by atoms with Gasteiger partial charge in [0.05, 0.1) is 17.3 Å². The summed E-state index contributed by atoms with van der Waals surface area (Å²) in [4.78, 5) is 23.3. The van der Waals surface area contributed by atoms with Gasteiger partial charge in [0.15, 0.2) is 0 Å². The van der Waals surface area contributed by atoms with E-state index in [0.29, 0.717) is 29.2 Å². The number of benzene rings is 2. The average molecular weight is 483 g/mol. The van der Waals surface area contributed by atoms with Crippen molar-refractivity contribution in [2.75, 3.05) is 11.9 Å². The van der Waals surface area contributed by atoms with Crippen LogP contribution in [0.4, 0.5) is 5.69 Å². The van der Waals surface area contributed by atoms with Crippen LogP contribution in [0.1, 0.15) is 29.8 Å². The number of hydrogen-bond donors (Lipinski definition) is 2. The van der Waals surface area contributed by atoms with Gasteiger partial charge in [-0.3, -0.25) is 9.59 Å². The Morgan fingerprint density at radius 1 is 1.23 bits per heavy atom. The number of carbonyl (C=O) groups is 2. The minimum Gasteiger partial charge on any atom is -0.492 e. The molecule has 8 heteroatoms. The van der Waals surface area contributed by atoms with Crippen molar-refractivity contribution in [2.45, 2.75) is 13.8 Å². The summed E-state index contributed by atoms with van der Waals surface area (Å²) in [7, 11) is 0. The van der Waals surface area contributed by atoms with Gasteiger partial charge in [-0.15, -0.1) is 0 Å². The molecule has 6 nitrogen and oxygen atoms in total. The quantitative estimate of drug-likeness (QED) is 0.475. The monoisotopic (exact) mass is 481 g/mol. The van der Waals surface area contributed by atoms with Crippen LogP contribution < -0.4 is 15.5 Å². The number of rotatable bonds is 6. The molecule has 0 unspecified atom stereocenters. The normalized spacial score (nSPS) is 10.6. The molecule has 0 spiro atoms. The van der Waals surface area contributed by atoms with Crippen LogP contribution in [-0.2, 0) is 4.79 Å². The van der Waals surface area contributed by atoms with Crippen LogP contribution in [0.15, 0.2) is 50.4 Å². The molecule has 0 saturated heterocycles. The zero-order valence-electron chi connectivity index (χ0n) is 14.2. The predicted octanol–water partition coefficient (Wildman–Crippen LogP) is 4.33. The number of amides is 2. The number of anilines is 1. The molecule has 0 bridgehead atoms. The van der Waals surface area contributed by atoms with Gasteiger partial charge in [0.1, 0.15) is 5.75 Å². The largest absolute Gasteiger partial charge is 0.492 e. The molecular formula is C18H17Br2N3O3. The molecule has 0 atom stereocenters. The molecule has 2 N–H and O–H groups in total. The number of nitrogens with one attached hydrogen (secondary N) is 2. The lowest BCUT2D eigenvalue weighted by Crippen LogP contribution is -2.18. The third-order valence-corrected chi connectivity index (χ3v) is 4.19. The number of nitrogens with zero attached hydrogens (tertiary/aromatic N) is 1. The van der Waals surface area contributed by atoms with E-state index in [1.165, 1.54) is 13.1 Å². The van der Waals surface area contributed by atoms with Gasteiger partial charge < -0.3 is 10.1 Å². The maximum absolute atomic E-state index is 12.2. The van der Waals surface area contributed by atoms with E-state index in [0.717, 1.165) is 8.95 Å². The summed E-state index contributed by atoms with van der Waals surface area (Å²) < 4.78 is 7.24. The lowest BCUT2D eigenvalue weighted by molar-refractivity contribution is -0.114. The van der Waals surface area contributed by atoms with Crippen LogP contribution in [0.25, 0.3) is 0 Å². The van der Waals surface area contributed by atoms with E-state index in [1.807, 2.05) is 19.1 Å². The molecule has 0 radical (unpaired) electrons. The molecule has 2 amide bonds. The Morgan fingerprint density at radius 3 is 2.69 bits per heavy atom. The molecule has 0 fully saturated rings. The smallest absolute Gasteiger partial charge is 0.271 e. The van der Waals surface area contributed by atoms with E-state index in [1.54, 1.807) is 24.3 Å². The van der Waals surface area contributed by atoms with E-state index < -0.39 is 0 Å². The van der Waals surface area contributed by atoms with Crippen LogP contribution in [0.5, 0.6) is 5.75 Å². The molecule has 2 aromatic rings. The molecule has 0 heterocycles. The second kappa shape index (κ2) is 9.49. The van der Waals surface area contributed by atoms with E-state index >= 15 is 0 Å². The number of ether oxygens (including phenoxy) is 1. The number of halogens is 2. The summed E-state index contributed by atoms with van der Waals surface area (Å²) in [5.74, 6) is 0.0473. The van der Waals surface area contributed by atoms with Crippen molar-refractivity contribution in [2.24, 2.45) is 5.10 Å². The Hall–Kier alpha value is -2.19. The van der Waals surface area contributed by atoms with Crippen molar-refractivity contribution < 1.29 is 14.3 Å². The lowest BCUT2D eigenvalue weighted by Gasteiger charge is -2.10. The standard InChI is InChI=1S/C18H17Br2N3O3/c1-3-26-17-13(7-14(19)9-16(17)20)10-21-23-18(25)12-5-4-6-15(8-12)22-11(2)24/h4-10H,3H2,1-2H3,(H,22,24)(H,23,25). The van der Waals surface area contributed by atoms with Crippen molar-refractivity contribution in [3.05, 3.63) is 56.5 Å². The van der Waals surface area contributed by atoms with E-state index in [9.17, 15) is 9.59 Å². The van der Waals surface area contributed by atoms with E-state index in [4.69, 9.17) is 4.74 Å². The Bertz CT molecular complexity index is 854. The predicted molar refractivity (Wildman–Crippen MR) is 109 cm³/mol. The first-order chi connectivity index (χ1) is 12.4.